The molecule has 1 aliphatic heterocycles. The number of ether oxygens (including phenoxy) is 1. The molecule has 0 atom stereocenters. The number of para-hydroxylation sites is 2. The molecule has 2 aromatic rings. The van der Waals surface area contributed by atoms with Crippen molar-refractivity contribution >= 4 is 40.9 Å². The average Bonchev–Trinajstić information content (AvgIpc) is 2.64. The molecule has 0 saturated carbocycles. The smallest absolute Gasteiger partial charge is 0.316 e. The molecular weight excluding hydrogens is 364 g/mol. The van der Waals surface area contributed by atoms with Crippen LogP contribution in [0.2, 0.25) is 0 Å². The van der Waals surface area contributed by atoms with Crippen LogP contribution in [0.3, 0.4) is 0 Å². The van der Waals surface area contributed by atoms with Crippen LogP contribution in [0.1, 0.15) is 11.1 Å². The standard InChI is InChI=1S/C20H20N2O4S/c1-13-7-8-17(14(2)9-13)27-12-20(25)26-11-19(24)22-10-18(23)21-15-5-3-4-6-16(15)22/h3-9H,10-12H2,1-2H3,(H,21,23). The van der Waals surface area contributed by atoms with Crippen LogP contribution in [0.15, 0.2) is 47.4 Å². The average molecular weight is 384 g/mol. The highest BCUT2D eigenvalue weighted by atomic mass is 32.2. The summed E-state index contributed by atoms with van der Waals surface area (Å²) in [6, 6.07) is 13.0. The minimum absolute atomic E-state index is 0.0926. The first-order chi connectivity index (χ1) is 12.9. The van der Waals surface area contributed by atoms with Gasteiger partial charge in [0.25, 0.3) is 5.91 Å². The highest BCUT2D eigenvalue weighted by Crippen LogP contribution is 2.29. The van der Waals surface area contributed by atoms with Gasteiger partial charge in [-0.1, -0.05) is 29.8 Å². The molecule has 1 aliphatic rings. The van der Waals surface area contributed by atoms with E-state index in [1.807, 2.05) is 26.0 Å². The lowest BCUT2D eigenvalue weighted by Gasteiger charge is -2.28. The van der Waals surface area contributed by atoms with E-state index in [1.165, 1.54) is 16.7 Å². The Kier molecular flexibility index (Phi) is 5.81. The molecule has 0 spiro atoms. The van der Waals surface area contributed by atoms with E-state index in [4.69, 9.17) is 4.74 Å². The molecule has 1 heterocycles. The number of rotatable bonds is 5. The topological polar surface area (TPSA) is 75.7 Å². The van der Waals surface area contributed by atoms with Crippen molar-refractivity contribution < 1.29 is 19.1 Å². The minimum Gasteiger partial charge on any atom is -0.455 e. The van der Waals surface area contributed by atoms with Crippen molar-refractivity contribution in [3.8, 4) is 0 Å². The summed E-state index contributed by atoms with van der Waals surface area (Å²) < 4.78 is 5.11. The molecule has 1 N–H and O–H groups in total. The van der Waals surface area contributed by atoms with E-state index in [9.17, 15) is 14.4 Å². The predicted molar refractivity (Wildman–Crippen MR) is 105 cm³/mol. The number of nitrogens with one attached hydrogen (secondary N) is 1. The number of carbonyl (C=O) groups is 3. The lowest BCUT2D eigenvalue weighted by molar-refractivity contribution is -0.145. The summed E-state index contributed by atoms with van der Waals surface area (Å²) >= 11 is 1.38. The van der Waals surface area contributed by atoms with Crippen LogP contribution in [0.5, 0.6) is 0 Å². The largest absolute Gasteiger partial charge is 0.455 e. The van der Waals surface area contributed by atoms with E-state index in [0.29, 0.717) is 11.4 Å². The van der Waals surface area contributed by atoms with Gasteiger partial charge in [-0.2, -0.15) is 0 Å². The van der Waals surface area contributed by atoms with Crippen molar-refractivity contribution in [2.75, 3.05) is 29.1 Å². The van der Waals surface area contributed by atoms with Crippen LogP contribution in [-0.2, 0) is 19.1 Å². The Balaban J connectivity index is 1.54. The number of carbonyl (C=O) groups excluding carboxylic acids is 3. The van der Waals surface area contributed by atoms with Crippen molar-refractivity contribution in [1.82, 2.24) is 0 Å². The molecule has 2 amide bonds. The number of esters is 1. The maximum absolute atomic E-state index is 12.4. The predicted octanol–water partition coefficient (Wildman–Crippen LogP) is 2.92. The third kappa shape index (κ3) is 4.68. The third-order valence-electron chi connectivity index (χ3n) is 4.10. The minimum atomic E-state index is -0.469. The number of nitrogens with zero attached hydrogens (tertiary/aromatic N) is 1. The number of hydrogen-bond acceptors (Lipinski definition) is 5. The van der Waals surface area contributed by atoms with Crippen LogP contribution >= 0.6 is 11.8 Å². The van der Waals surface area contributed by atoms with Gasteiger partial charge < -0.3 is 10.1 Å². The highest BCUT2D eigenvalue weighted by molar-refractivity contribution is 8.00. The second-order valence-electron chi connectivity index (χ2n) is 6.26. The molecule has 0 unspecified atom stereocenters. The van der Waals surface area contributed by atoms with Gasteiger partial charge in [0.15, 0.2) is 6.61 Å². The van der Waals surface area contributed by atoms with Crippen LogP contribution in [0, 0.1) is 13.8 Å². The molecule has 7 heteroatoms. The van der Waals surface area contributed by atoms with E-state index < -0.39 is 18.5 Å². The molecular formula is C20H20N2O4S. The van der Waals surface area contributed by atoms with Gasteiger partial charge in [-0.15, -0.1) is 11.8 Å². The summed E-state index contributed by atoms with van der Waals surface area (Å²) in [5, 5.41) is 2.71. The first-order valence-electron chi connectivity index (χ1n) is 8.49. The summed E-state index contributed by atoms with van der Waals surface area (Å²) in [5.74, 6) is -1.06. The number of benzene rings is 2. The van der Waals surface area contributed by atoms with Gasteiger partial charge in [-0.25, -0.2) is 0 Å². The second kappa shape index (κ2) is 8.26. The lowest BCUT2D eigenvalue weighted by atomic mass is 10.2. The third-order valence-corrected chi connectivity index (χ3v) is 5.25. The number of thioether (sulfide) groups is 1. The maximum Gasteiger partial charge on any atom is 0.316 e. The van der Waals surface area contributed by atoms with Gasteiger partial charge in [0.2, 0.25) is 5.91 Å². The summed E-state index contributed by atoms with van der Waals surface area (Å²) in [6.07, 6.45) is 0. The quantitative estimate of drug-likeness (QED) is 0.634. The molecule has 2 aromatic carbocycles. The Morgan fingerprint density at radius 3 is 2.74 bits per heavy atom. The number of anilines is 2. The molecule has 3 rings (SSSR count). The fourth-order valence-corrected chi connectivity index (χ4v) is 3.62. The van der Waals surface area contributed by atoms with Gasteiger partial charge in [-0.05, 0) is 37.6 Å². The molecule has 0 saturated heterocycles. The van der Waals surface area contributed by atoms with E-state index in [-0.39, 0.29) is 18.2 Å². The Hall–Kier alpha value is -2.80. The molecule has 0 fully saturated rings. The monoisotopic (exact) mass is 384 g/mol. The summed E-state index contributed by atoms with van der Waals surface area (Å²) in [4.78, 5) is 38.6. The van der Waals surface area contributed by atoms with E-state index in [1.54, 1.807) is 24.3 Å². The summed E-state index contributed by atoms with van der Waals surface area (Å²) in [7, 11) is 0. The van der Waals surface area contributed by atoms with Crippen LogP contribution in [-0.4, -0.2) is 36.7 Å². The molecule has 0 bridgehead atoms. The SMILES string of the molecule is Cc1ccc(SCC(=O)OCC(=O)N2CC(=O)Nc3ccccc32)c(C)c1. The Morgan fingerprint density at radius 2 is 1.96 bits per heavy atom. The van der Waals surface area contributed by atoms with Crippen molar-refractivity contribution in [3.05, 3.63) is 53.6 Å². The highest BCUT2D eigenvalue weighted by Gasteiger charge is 2.27. The normalized spacial score (nSPS) is 13.0. The van der Waals surface area contributed by atoms with Crippen LogP contribution in [0.4, 0.5) is 11.4 Å². The van der Waals surface area contributed by atoms with E-state index >= 15 is 0 Å². The first-order valence-corrected chi connectivity index (χ1v) is 9.47. The molecule has 27 heavy (non-hydrogen) atoms. The van der Waals surface area contributed by atoms with Gasteiger partial charge >= 0.3 is 5.97 Å². The second-order valence-corrected chi connectivity index (χ2v) is 7.28. The van der Waals surface area contributed by atoms with Gasteiger partial charge in [0, 0.05) is 4.90 Å². The molecule has 140 valence electrons. The first kappa shape index (κ1) is 19.0. The van der Waals surface area contributed by atoms with Gasteiger partial charge in [0.1, 0.15) is 6.54 Å². The fourth-order valence-electron chi connectivity index (χ4n) is 2.82. The van der Waals surface area contributed by atoms with E-state index in [2.05, 4.69) is 11.4 Å². The van der Waals surface area contributed by atoms with Crippen LogP contribution < -0.4 is 10.2 Å². The fraction of sp³-hybridized carbons (Fsp3) is 0.250. The van der Waals surface area contributed by atoms with Crippen LogP contribution in [0.25, 0.3) is 0 Å². The van der Waals surface area contributed by atoms with E-state index in [0.717, 1.165) is 16.0 Å². The van der Waals surface area contributed by atoms with Crippen molar-refractivity contribution in [2.24, 2.45) is 0 Å². The Labute approximate surface area is 161 Å². The molecule has 0 aliphatic carbocycles. The number of fused-ring (bicyclic) bond motifs is 1. The zero-order valence-corrected chi connectivity index (χ0v) is 16.0. The van der Waals surface area contributed by atoms with Gasteiger partial charge in [-0.3, -0.25) is 19.3 Å². The number of hydrogen-bond donors (Lipinski definition) is 1. The molecule has 0 radical (unpaired) electrons. The zero-order chi connectivity index (χ0) is 19.4. The van der Waals surface area contributed by atoms with Crippen molar-refractivity contribution in [1.29, 1.82) is 0 Å². The van der Waals surface area contributed by atoms with Crippen molar-refractivity contribution in [2.45, 2.75) is 18.7 Å². The number of aryl methyl sites for hydroxylation is 2. The van der Waals surface area contributed by atoms with Crippen molar-refractivity contribution in [3.63, 3.8) is 0 Å². The van der Waals surface area contributed by atoms with Gasteiger partial charge in [0.05, 0.1) is 17.1 Å². The zero-order valence-electron chi connectivity index (χ0n) is 15.2. The maximum atomic E-state index is 12.4. The number of amides is 2. The summed E-state index contributed by atoms with van der Waals surface area (Å²) in [5.41, 5.74) is 3.43. The Morgan fingerprint density at radius 1 is 1.19 bits per heavy atom. The Bertz CT molecular complexity index is 897. The summed E-state index contributed by atoms with van der Waals surface area (Å²) in [6.45, 7) is 3.52. The molecule has 6 nitrogen and oxygen atoms in total. The molecule has 0 aromatic heterocycles. The lowest BCUT2D eigenvalue weighted by Crippen LogP contribution is -2.44.